The highest BCUT2D eigenvalue weighted by atomic mass is 35.5. The second-order valence-electron chi connectivity index (χ2n) is 4.90. The molecule has 6 heteroatoms. The lowest BCUT2D eigenvalue weighted by Gasteiger charge is -2.38. The zero-order valence-electron chi connectivity index (χ0n) is 12.3. The summed E-state index contributed by atoms with van der Waals surface area (Å²) in [4.78, 5) is 28.2. The molecule has 1 aromatic rings. The van der Waals surface area contributed by atoms with Crippen molar-refractivity contribution >= 4 is 23.5 Å². The fourth-order valence-corrected chi connectivity index (χ4v) is 2.76. The van der Waals surface area contributed by atoms with Gasteiger partial charge in [0.25, 0.3) is 0 Å². The summed E-state index contributed by atoms with van der Waals surface area (Å²) in [5, 5.41) is 3.37. The molecule has 0 spiro atoms. The van der Waals surface area contributed by atoms with Crippen LogP contribution in [0.3, 0.4) is 0 Å². The van der Waals surface area contributed by atoms with Crippen LogP contribution in [-0.2, 0) is 4.79 Å². The van der Waals surface area contributed by atoms with Crippen LogP contribution in [-0.4, -0.2) is 47.9 Å². The lowest BCUT2D eigenvalue weighted by atomic mass is 10.0. The molecule has 0 bridgehead atoms. The van der Waals surface area contributed by atoms with Crippen LogP contribution in [0.4, 0.5) is 4.79 Å². The van der Waals surface area contributed by atoms with E-state index in [0.29, 0.717) is 31.2 Å². The van der Waals surface area contributed by atoms with Crippen molar-refractivity contribution in [1.82, 2.24) is 15.1 Å². The summed E-state index contributed by atoms with van der Waals surface area (Å²) in [6.07, 6.45) is 0. The standard InChI is InChI=1S/C15H20ClN3O2/c1-3-18(4-2)15(21)19-9-8-17-14(20)13(19)11-6-5-7-12(16)10-11/h5-7,10,13H,3-4,8-9H2,1-2H3,(H,17,20). The number of rotatable bonds is 3. The molecule has 1 unspecified atom stereocenters. The predicted octanol–water partition coefficient (Wildman–Crippen LogP) is 2.27. The molecule has 0 saturated carbocycles. The van der Waals surface area contributed by atoms with Crippen LogP contribution in [0.2, 0.25) is 5.02 Å². The molecular formula is C15H20ClN3O2. The number of carbonyl (C=O) groups excluding carboxylic acids is 2. The molecular weight excluding hydrogens is 290 g/mol. The monoisotopic (exact) mass is 309 g/mol. The molecule has 1 aliphatic heterocycles. The van der Waals surface area contributed by atoms with E-state index in [0.717, 1.165) is 5.56 Å². The minimum Gasteiger partial charge on any atom is -0.352 e. The Hall–Kier alpha value is -1.75. The highest BCUT2D eigenvalue weighted by molar-refractivity contribution is 6.30. The molecule has 0 radical (unpaired) electrons. The van der Waals surface area contributed by atoms with Crippen molar-refractivity contribution in [3.8, 4) is 0 Å². The highest BCUT2D eigenvalue weighted by Gasteiger charge is 2.35. The van der Waals surface area contributed by atoms with E-state index in [1.54, 1.807) is 28.0 Å². The third-order valence-electron chi connectivity index (χ3n) is 3.66. The van der Waals surface area contributed by atoms with Crippen LogP contribution in [0.15, 0.2) is 24.3 Å². The van der Waals surface area contributed by atoms with Crippen molar-refractivity contribution in [3.63, 3.8) is 0 Å². The molecule has 2 rings (SSSR count). The van der Waals surface area contributed by atoms with Gasteiger partial charge in [-0.05, 0) is 31.5 Å². The Morgan fingerprint density at radius 2 is 2.14 bits per heavy atom. The van der Waals surface area contributed by atoms with Crippen molar-refractivity contribution in [2.45, 2.75) is 19.9 Å². The summed E-state index contributed by atoms with van der Waals surface area (Å²) in [6, 6.07) is 6.37. The average Bonchev–Trinajstić information content (AvgIpc) is 2.48. The van der Waals surface area contributed by atoms with Crippen molar-refractivity contribution in [2.24, 2.45) is 0 Å². The zero-order valence-corrected chi connectivity index (χ0v) is 13.1. The van der Waals surface area contributed by atoms with Gasteiger partial charge >= 0.3 is 6.03 Å². The van der Waals surface area contributed by atoms with Gasteiger partial charge in [0.2, 0.25) is 5.91 Å². The van der Waals surface area contributed by atoms with E-state index in [1.807, 2.05) is 19.9 Å². The van der Waals surface area contributed by atoms with Gasteiger partial charge < -0.3 is 15.1 Å². The van der Waals surface area contributed by atoms with Crippen LogP contribution >= 0.6 is 11.6 Å². The minimum absolute atomic E-state index is 0.111. The van der Waals surface area contributed by atoms with E-state index in [2.05, 4.69) is 5.32 Å². The van der Waals surface area contributed by atoms with E-state index in [-0.39, 0.29) is 11.9 Å². The summed E-state index contributed by atoms with van der Waals surface area (Å²) in [5.74, 6) is -0.163. The predicted molar refractivity (Wildman–Crippen MR) is 82.2 cm³/mol. The second-order valence-corrected chi connectivity index (χ2v) is 5.33. The molecule has 1 fully saturated rings. The lowest BCUT2D eigenvalue weighted by molar-refractivity contribution is -0.128. The number of amides is 3. The van der Waals surface area contributed by atoms with Crippen molar-refractivity contribution in [1.29, 1.82) is 0 Å². The summed E-state index contributed by atoms with van der Waals surface area (Å²) in [5.41, 5.74) is 0.736. The summed E-state index contributed by atoms with van der Waals surface area (Å²) < 4.78 is 0. The van der Waals surface area contributed by atoms with E-state index in [9.17, 15) is 9.59 Å². The van der Waals surface area contributed by atoms with Crippen LogP contribution in [0.25, 0.3) is 0 Å². The first-order chi connectivity index (χ1) is 10.1. The molecule has 1 N–H and O–H groups in total. The van der Waals surface area contributed by atoms with E-state index < -0.39 is 6.04 Å². The van der Waals surface area contributed by atoms with Crippen molar-refractivity contribution < 1.29 is 9.59 Å². The summed E-state index contributed by atoms with van der Waals surface area (Å²) in [6.45, 7) is 6.08. The van der Waals surface area contributed by atoms with Gasteiger partial charge in [0.05, 0.1) is 0 Å². The van der Waals surface area contributed by atoms with E-state index in [1.165, 1.54) is 0 Å². The second kappa shape index (κ2) is 6.80. The molecule has 1 aliphatic rings. The molecule has 1 heterocycles. The Labute approximate surface area is 129 Å². The van der Waals surface area contributed by atoms with E-state index in [4.69, 9.17) is 11.6 Å². The Morgan fingerprint density at radius 1 is 1.43 bits per heavy atom. The number of carbonyl (C=O) groups is 2. The first-order valence-corrected chi connectivity index (χ1v) is 7.55. The Morgan fingerprint density at radius 3 is 2.76 bits per heavy atom. The van der Waals surface area contributed by atoms with Gasteiger partial charge in [0, 0.05) is 31.2 Å². The largest absolute Gasteiger partial charge is 0.352 e. The maximum absolute atomic E-state index is 12.6. The maximum Gasteiger partial charge on any atom is 0.321 e. The van der Waals surface area contributed by atoms with Gasteiger partial charge in [-0.1, -0.05) is 23.7 Å². The normalized spacial score (nSPS) is 18.3. The number of piperazine rings is 1. The third kappa shape index (κ3) is 3.29. The van der Waals surface area contributed by atoms with Gasteiger partial charge in [-0.3, -0.25) is 4.79 Å². The summed E-state index contributed by atoms with van der Waals surface area (Å²) in [7, 11) is 0. The number of urea groups is 1. The van der Waals surface area contributed by atoms with Gasteiger partial charge in [0.15, 0.2) is 0 Å². The van der Waals surface area contributed by atoms with Crippen LogP contribution < -0.4 is 5.32 Å². The molecule has 1 aromatic carbocycles. The lowest BCUT2D eigenvalue weighted by Crippen LogP contribution is -2.55. The third-order valence-corrected chi connectivity index (χ3v) is 3.89. The molecule has 21 heavy (non-hydrogen) atoms. The van der Waals surface area contributed by atoms with Crippen molar-refractivity contribution in [3.05, 3.63) is 34.9 Å². The number of nitrogens with one attached hydrogen (secondary N) is 1. The molecule has 3 amide bonds. The topological polar surface area (TPSA) is 52.7 Å². The van der Waals surface area contributed by atoms with Gasteiger partial charge in [-0.25, -0.2) is 4.79 Å². The first kappa shape index (κ1) is 15.6. The van der Waals surface area contributed by atoms with Crippen LogP contribution in [0.1, 0.15) is 25.5 Å². The molecule has 1 atom stereocenters. The first-order valence-electron chi connectivity index (χ1n) is 7.17. The quantitative estimate of drug-likeness (QED) is 0.931. The Bertz CT molecular complexity index is 531. The molecule has 5 nitrogen and oxygen atoms in total. The fourth-order valence-electron chi connectivity index (χ4n) is 2.56. The van der Waals surface area contributed by atoms with Crippen LogP contribution in [0.5, 0.6) is 0 Å². The van der Waals surface area contributed by atoms with Crippen molar-refractivity contribution in [2.75, 3.05) is 26.2 Å². The maximum atomic E-state index is 12.6. The number of benzene rings is 1. The van der Waals surface area contributed by atoms with E-state index >= 15 is 0 Å². The Balaban J connectivity index is 2.33. The zero-order chi connectivity index (χ0) is 15.4. The molecule has 1 saturated heterocycles. The number of nitrogens with zero attached hydrogens (tertiary/aromatic N) is 2. The summed E-state index contributed by atoms with van der Waals surface area (Å²) >= 11 is 6.01. The molecule has 0 aromatic heterocycles. The fraction of sp³-hybridized carbons (Fsp3) is 0.467. The highest BCUT2D eigenvalue weighted by Crippen LogP contribution is 2.26. The average molecular weight is 310 g/mol. The smallest absolute Gasteiger partial charge is 0.321 e. The van der Waals surface area contributed by atoms with Gasteiger partial charge in [-0.2, -0.15) is 0 Å². The number of hydrogen-bond donors (Lipinski definition) is 1. The number of hydrogen-bond acceptors (Lipinski definition) is 2. The SMILES string of the molecule is CCN(CC)C(=O)N1CCNC(=O)C1c1cccc(Cl)c1. The molecule has 0 aliphatic carbocycles. The Kier molecular flexibility index (Phi) is 5.07. The van der Waals surface area contributed by atoms with Gasteiger partial charge in [-0.15, -0.1) is 0 Å². The molecule has 114 valence electrons. The van der Waals surface area contributed by atoms with Gasteiger partial charge in [0.1, 0.15) is 6.04 Å². The van der Waals surface area contributed by atoms with Crippen LogP contribution in [0, 0.1) is 0 Å². The minimum atomic E-state index is -0.620. The number of halogens is 1.